The zero-order valence-corrected chi connectivity index (χ0v) is 16.6. The van der Waals surface area contributed by atoms with E-state index >= 15 is 0 Å². The van der Waals surface area contributed by atoms with Crippen molar-refractivity contribution < 1.29 is 9.21 Å². The van der Waals surface area contributed by atoms with Crippen LogP contribution in [0.5, 0.6) is 0 Å². The molecule has 0 spiro atoms. The Hall–Kier alpha value is -2.86. The molecule has 5 rings (SSSR count). The van der Waals surface area contributed by atoms with Gasteiger partial charge in [0.05, 0.1) is 5.56 Å². The summed E-state index contributed by atoms with van der Waals surface area (Å²) in [7, 11) is 2.23. The molecule has 29 heavy (non-hydrogen) atoms. The van der Waals surface area contributed by atoms with Gasteiger partial charge in [0.2, 0.25) is 0 Å². The van der Waals surface area contributed by atoms with Gasteiger partial charge in [0.15, 0.2) is 5.58 Å². The van der Waals surface area contributed by atoms with E-state index in [9.17, 15) is 4.79 Å². The van der Waals surface area contributed by atoms with Crippen LogP contribution in [0, 0.1) is 0 Å². The van der Waals surface area contributed by atoms with Crippen LogP contribution in [0.2, 0.25) is 0 Å². The molecule has 6 heteroatoms. The number of carbonyl (C=O) groups is 1. The zero-order valence-electron chi connectivity index (χ0n) is 16.6. The van der Waals surface area contributed by atoms with Crippen molar-refractivity contribution in [1.82, 2.24) is 15.2 Å². The smallest absolute Gasteiger partial charge is 0.300 e. The van der Waals surface area contributed by atoms with Crippen molar-refractivity contribution >= 4 is 28.7 Å². The molecule has 1 aromatic heterocycles. The maximum Gasteiger partial charge on any atom is 0.300 e. The highest BCUT2D eigenvalue weighted by Crippen LogP contribution is 2.33. The van der Waals surface area contributed by atoms with Gasteiger partial charge in [0.1, 0.15) is 5.52 Å². The quantitative estimate of drug-likeness (QED) is 0.694. The maximum absolute atomic E-state index is 13.1. The summed E-state index contributed by atoms with van der Waals surface area (Å²) in [6, 6.07) is 17.0. The third kappa shape index (κ3) is 3.60. The highest BCUT2D eigenvalue weighted by molar-refractivity contribution is 6.04. The minimum Gasteiger partial charge on any atom is -0.423 e. The Balaban J connectivity index is 1.35. The second-order valence-corrected chi connectivity index (χ2v) is 8.21. The molecule has 3 aromatic rings. The average Bonchev–Trinajstić information content (AvgIpc) is 3.12. The minimum atomic E-state index is -0.0669. The predicted octanol–water partition coefficient (Wildman–Crippen LogP) is 4.32. The molecule has 2 bridgehead atoms. The lowest BCUT2D eigenvalue weighted by Crippen LogP contribution is -2.55. The van der Waals surface area contributed by atoms with Crippen LogP contribution in [0.4, 0.5) is 11.7 Å². The van der Waals surface area contributed by atoms with Crippen LogP contribution < -0.4 is 10.6 Å². The van der Waals surface area contributed by atoms with Crippen molar-refractivity contribution in [3.05, 3.63) is 54.1 Å². The number of hydrogen-bond donors (Lipinski definition) is 2. The van der Waals surface area contributed by atoms with Gasteiger partial charge in [-0.25, -0.2) is 0 Å². The van der Waals surface area contributed by atoms with Gasteiger partial charge in [0, 0.05) is 23.8 Å². The van der Waals surface area contributed by atoms with E-state index in [4.69, 9.17) is 4.42 Å². The molecule has 150 valence electrons. The lowest BCUT2D eigenvalue weighted by atomic mass is 9.82. The number of benzene rings is 2. The topological polar surface area (TPSA) is 70.4 Å². The lowest BCUT2D eigenvalue weighted by Gasteiger charge is -2.47. The number of carbonyl (C=O) groups excluding carboxylic acids is 1. The summed E-state index contributed by atoms with van der Waals surface area (Å²) in [5.74, 6) is -0.0669. The SMILES string of the molecule is CN1C2CCCC1CC(NC(=O)c1cccc3oc(Nc4ccccc4)nc13)C2. The molecule has 2 aliphatic heterocycles. The first kappa shape index (κ1) is 18.2. The number of para-hydroxylation sites is 2. The van der Waals surface area contributed by atoms with Crippen LogP contribution in [0.1, 0.15) is 42.5 Å². The standard InChI is InChI=1S/C23H26N4O2/c1-27-17-9-5-10-18(27)14-16(13-17)24-22(28)19-11-6-12-20-21(19)26-23(29-20)25-15-7-3-2-4-8-15/h2-4,6-8,11-12,16-18H,5,9-10,13-14H2,1H3,(H,24,28)(H,25,26). The Bertz CT molecular complexity index is 1000. The third-order valence-electron chi connectivity index (χ3n) is 6.36. The highest BCUT2D eigenvalue weighted by atomic mass is 16.4. The van der Waals surface area contributed by atoms with E-state index < -0.39 is 0 Å². The Labute approximate surface area is 170 Å². The first-order chi connectivity index (χ1) is 14.2. The summed E-state index contributed by atoms with van der Waals surface area (Å²) < 4.78 is 5.82. The minimum absolute atomic E-state index is 0.0669. The Kier molecular flexibility index (Phi) is 4.72. The van der Waals surface area contributed by atoms with Gasteiger partial charge in [-0.2, -0.15) is 4.98 Å². The number of anilines is 2. The van der Waals surface area contributed by atoms with Crippen molar-refractivity contribution in [3.63, 3.8) is 0 Å². The molecule has 2 aromatic carbocycles. The van der Waals surface area contributed by atoms with Gasteiger partial charge >= 0.3 is 0 Å². The highest BCUT2D eigenvalue weighted by Gasteiger charge is 2.36. The van der Waals surface area contributed by atoms with Crippen LogP contribution in [0.3, 0.4) is 0 Å². The molecule has 2 atom stereocenters. The first-order valence-electron chi connectivity index (χ1n) is 10.4. The van der Waals surface area contributed by atoms with E-state index in [2.05, 4.69) is 27.6 Å². The molecule has 0 saturated carbocycles. The number of rotatable bonds is 4. The molecule has 2 aliphatic rings. The lowest BCUT2D eigenvalue weighted by molar-refractivity contribution is 0.0463. The average molecular weight is 390 g/mol. The van der Waals surface area contributed by atoms with Crippen LogP contribution in [-0.2, 0) is 0 Å². The van der Waals surface area contributed by atoms with Crippen LogP contribution in [-0.4, -0.2) is 41.0 Å². The summed E-state index contributed by atoms with van der Waals surface area (Å²) in [5.41, 5.74) is 2.66. The van der Waals surface area contributed by atoms with Gasteiger partial charge in [0.25, 0.3) is 11.9 Å². The molecule has 2 unspecified atom stereocenters. The van der Waals surface area contributed by atoms with Gasteiger partial charge in [-0.3, -0.25) is 4.79 Å². The second-order valence-electron chi connectivity index (χ2n) is 8.21. The zero-order chi connectivity index (χ0) is 19.8. The molecule has 2 fully saturated rings. The Morgan fingerprint density at radius 3 is 2.59 bits per heavy atom. The van der Waals surface area contributed by atoms with E-state index in [1.807, 2.05) is 48.5 Å². The van der Waals surface area contributed by atoms with E-state index in [1.54, 1.807) is 0 Å². The fourth-order valence-electron chi connectivity index (χ4n) is 4.83. The van der Waals surface area contributed by atoms with Crippen LogP contribution >= 0.6 is 0 Å². The van der Waals surface area contributed by atoms with Crippen molar-refractivity contribution in [2.24, 2.45) is 0 Å². The van der Waals surface area contributed by atoms with E-state index in [0.29, 0.717) is 34.8 Å². The fraction of sp³-hybridized carbons (Fsp3) is 0.391. The van der Waals surface area contributed by atoms with E-state index in [-0.39, 0.29) is 11.9 Å². The summed E-state index contributed by atoms with van der Waals surface area (Å²) in [5, 5.41) is 6.43. The molecular formula is C23H26N4O2. The fourth-order valence-corrected chi connectivity index (χ4v) is 4.83. The van der Waals surface area contributed by atoms with Crippen molar-refractivity contribution in [2.75, 3.05) is 12.4 Å². The molecular weight excluding hydrogens is 364 g/mol. The number of amides is 1. The largest absolute Gasteiger partial charge is 0.423 e. The number of fused-ring (bicyclic) bond motifs is 3. The second kappa shape index (κ2) is 7.52. The molecule has 2 saturated heterocycles. The molecule has 0 aliphatic carbocycles. The maximum atomic E-state index is 13.1. The molecule has 6 nitrogen and oxygen atoms in total. The van der Waals surface area contributed by atoms with Crippen LogP contribution in [0.15, 0.2) is 52.9 Å². The normalized spacial score (nSPS) is 24.4. The van der Waals surface area contributed by atoms with Gasteiger partial charge in [-0.15, -0.1) is 0 Å². The van der Waals surface area contributed by atoms with Crippen LogP contribution in [0.25, 0.3) is 11.1 Å². The molecule has 2 N–H and O–H groups in total. The summed E-state index contributed by atoms with van der Waals surface area (Å²) in [4.78, 5) is 20.1. The first-order valence-corrected chi connectivity index (χ1v) is 10.4. The number of piperidine rings is 2. The Morgan fingerprint density at radius 1 is 1.07 bits per heavy atom. The molecule has 1 amide bonds. The number of hydrogen-bond acceptors (Lipinski definition) is 5. The summed E-state index contributed by atoms with van der Waals surface area (Å²) in [6.45, 7) is 0. The molecule has 0 radical (unpaired) electrons. The number of nitrogens with one attached hydrogen (secondary N) is 2. The van der Waals surface area contributed by atoms with E-state index in [0.717, 1.165) is 18.5 Å². The van der Waals surface area contributed by atoms with Gasteiger partial charge in [-0.05, 0) is 57.0 Å². The predicted molar refractivity (Wildman–Crippen MR) is 113 cm³/mol. The summed E-state index contributed by atoms with van der Waals surface area (Å²) >= 11 is 0. The number of nitrogens with zero attached hydrogens (tertiary/aromatic N) is 2. The van der Waals surface area contributed by atoms with Crippen molar-refractivity contribution in [3.8, 4) is 0 Å². The van der Waals surface area contributed by atoms with E-state index in [1.165, 1.54) is 19.3 Å². The van der Waals surface area contributed by atoms with Gasteiger partial charge < -0.3 is 20.0 Å². The number of oxazole rings is 1. The van der Waals surface area contributed by atoms with Crippen molar-refractivity contribution in [1.29, 1.82) is 0 Å². The summed E-state index contributed by atoms with van der Waals surface area (Å²) in [6.07, 6.45) is 5.80. The Morgan fingerprint density at radius 2 is 1.83 bits per heavy atom. The molecule has 3 heterocycles. The number of aromatic nitrogens is 1. The monoisotopic (exact) mass is 390 g/mol. The van der Waals surface area contributed by atoms with Crippen molar-refractivity contribution in [2.45, 2.75) is 50.2 Å². The van der Waals surface area contributed by atoms with Gasteiger partial charge in [-0.1, -0.05) is 30.7 Å². The third-order valence-corrected chi connectivity index (χ3v) is 6.36.